The number of benzene rings is 4. The number of nitrogens with zero attached hydrogens (tertiary/aromatic N) is 2. The van der Waals surface area contributed by atoms with Gasteiger partial charge in [-0.05, 0) is 48.9 Å². The predicted octanol–water partition coefficient (Wildman–Crippen LogP) is 6.10. The number of carbonyl (C=O) groups is 2. The maximum absolute atomic E-state index is 14.9. The van der Waals surface area contributed by atoms with Crippen LogP contribution in [0.5, 0.6) is 0 Å². The molecule has 4 aromatic rings. The van der Waals surface area contributed by atoms with Crippen LogP contribution in [0, 0.1) is 5.82 Å². The van der Waals surface area contributed by atoms with Gasteiger partial charge in [0.1, 0.15) is 18.4 Å². The van der Waals surface area contributed by atoms with E-state index in [1.54, 1.807) is 31.2 Å². The van der Waals surface area contributed by atoms with Gasteiger partial charge in [-0.15, -0.1) is 0 Å². The first-order valence-electron chi connectivity index (χ1n) is 13.5. The van der Waals surface area contributed by atoms with Crippen molar-refractivity contribution in [3.63, 3.8) is 0 Å². The second-order valence-electron chi connectivity index (χ2n) is 9.63. The summed E-state index contributed by atoms with van der Waals surface area (Å²) in [6.07, 6.45) is 0.111. The van der Waals surface area contributed by atoms with Crippen molar-refractivity contribution in [1.29, 1.82) is 0 Å². The van der Waals surface area contributed by atoms with E-state index in [4.69, 9.17) is 23.2 Å². The quantitative estimate of drug-likeness (QED) is 0.202. The van der Waals surface area contributed by atoms with Crippen LogP contribution < -0.4 is 9.62 Å². The minimum absolute atomic E-state index is 0.00465. The summed E-state index contributed by atoms with van der Waals surface area (Å²) in [6.45, 7) is 1.03. The summed E-state index contributed by atoms with van der Waals surface area (Å²) in [5.74, 6) is -1.76. The van der Waals surface area contributed by atoms with Gasteiger partial charge in [-0.25, -0.2) is 12.8 Å². The molecule has 224 valence electrons. The molecule has 0 saturated carbocycles. The lowest BCUT2D eigenvalue weighted by molar-refractivity contribution is -0.140. The van der Waals surface area contributed by atoms with Crippen LogP contribution in [0.4, 0.5) is 10.1 Å². The summed E-state index contributed by atoms with van der Waals surface area (Å²) < 4.78 is 43.7. The Labute approximate surface area is 260 Å². The van der Waals surface area contributed by atoms with Crippen LogP contribution in [0.25, 0.3) is 0 Å². The zero-order chi connectivity index (χ0) is 31.0. The van der Waals surface area contributed by atoms with E-state index >= 15 is 0 Å². The SMILES string of the molecule is CCNC(=O)[C@H](Cc1ccccc1)N(Cc1ccccc1F)C(=O)CN(c1ccc(Cl)cc1Cl)S(=O)(=O)c1ccccc1. The van der Waals surface area contributed by atoms with Crippen molar-refractivity contribution in [2.75, 3.05) is 17.4 Å². The summed E-state index contributed by atoms with van der Waals surface area (Å²) >= 11 is 12.6. The monoisotopic (exact) mass is 641 g/mol. The van der Waals surface area contributed by atoms with E-state index in [1.807, 2.05) is 30.3 Å². The Morgan fingerprint density at radius 3 is 2.14 bits per heavy atom. The Balaban J connectivity index is 1.82. The van der Waals surface area contributed by atoms with Crippen LogP contribution in [0.2, 0.25) is 10.0 Å². The molecule has 0 fully saturated rings. The summed E-state index contributed by atoms with van der Waals surface area (Å²) in [7, 11) is -4.33. The van der Waals surface area contributed by atoms with E-state index in [-0.39, 0.29) is 39.2 Å². The number of hydrogen-bond acceptors (Lipinski definition) is 4. The van der Waals surface area contributed by atoms with Gasteiger partial charge in [-0.3, -0.25) is 13.9 Å². The standard InChI is InChI=1S/C32H30Cl2FN3O4S/c1-2-36-32(40)30(19-23-11-5-3-6-12-23)37(21-24-13-9-10-16-28(24)35)31(39)22-38(29-18-17-25(33)20-27(29)34)43(41,42)26-14-7-4-8-15-26/h3-18,20,30H,2,19,21-22H2,1H3,(H,36,40)/t30-/m0/s1. The molecule has 0 bridgehead atoms. The fourth-order valence-corrected chi connectivity index (χ4v) is 6.59. The molecule has 4 rings (SSSR count). The van der Waals surface area contributed by atoms with Crippen LogP contribution in [-0.4, -0.2) is 44.3 Å². The number of halogens is 3. The van der Waals surface area contributed by atoms with Crippen molar-refractivity contribution < 1.29 is 22.4 Å². The third kappa shape index (κ3) is 7.93. The number of carbonyl (C=O) groups excluding carboxylic acids is 2. The van der Waals surface area contributed by atoms with Gasteiger partial charge in [-0.2, -0.15) is 0 Å². The molecule has 7 nitrogen and oxygen atoms in total. The smallest absolute Gasteiger partial charge is 0.264 e. The molecule has 0 radical (unpaired) electrons. The molecule has 1 N–H and O–H groups in total. The molecule has 43 heavy (non-hydrogen) atoms. The molecule has 0 aromatic heterocycles. The maximum Gasteiger partial charge on any atom is 0.264 e. The molecule has 0 spiro atoms. The molecule has 2 amide bonds. The first-order valence-corrected chi connectivity index (χ1v) is 15.7. The van der Waals surface area contributed by atoms with Crippen molar-refractivity contribution in [1.82, 2.24) is 10.2 Å². The highest BCUT2D eigenvalue weighted by molar-refractivity contribution is 7.92. The summed E-state index contributed by atoms with van der Waals surface area (Å²) in [5, 5.41) is 3.04. The van der Waals surface area contributed by atoms with Gasteiger partial charge in [0, 0.05) is 30.1 Å². The highest BCUT2D eigenvalue weighted by Gasteiger charge is 2.35. The Bertz CT molecular complexity index is 1670. The largest absolute Gasteiger partial charge is 0.355 e. The normalized spacial score (nSPS) is 11.9. The summed E-state index contributed by atoms with van der Waals surface area (Å²) in [6, 6.07) is 25.8. The van der Waals surface area contributed by atoms with Crippen molar-refractivity contribution in [3.8, 4) is 0 Å². The molecule has 4 aromatic carbocycles. The molecule has 0 aliphatic heterocycles. The zero-order valence-corrected chi connectivity index (χ0v) is 25.6. The number of sulfonamides is 1. The third-order valence-electron chi connectivity index (χ3n) is 6.71. The molecule has 0 saturated heterocycles. The fourth-order valence-electron chi connectivity index (χ4n) is 4.57. The van der Waals surface area contributed by atoms with Crippen LogP contribution in [0.1, 0.15) is 18.1 Å². The number of anilines is 1. The van der Waals surface area contributed by atoms with Gasteiger partial charge >= 0.3 is 0 Å². The van der Waals surface area contributed by atoms with Crippen LogP contribution in [0.3, 0.4) is 0 Å². The van der Waals surface area contributed by atoms with Crippen LogP contribution in [-0.2, 0) is 32.6 Å². The van der Waals surface area contributed by atoms with Crippen LogP contribution in [0.15, 0.2) is 108 Å². The van der Waals surface area contributed by atoms with Gasteiger partial charge in [-0.1, -0.05) is 89.9 Å². The lowest BCUT2D eigenvalue weighted by Gasteiger charge is -2.34. The number of nitrogens with one attached hydrogen (secondary N) is 1. The van der Waals surface area contributed by atoms with E-state index in [2.05, 4.69) is 5.32 Å². The van der Waals surface area contributed by atoms with Gasteiger partial charge in [0.25, 0.3) is 10.0 Å². The highest BCUT2D eigenvalue weighted by Crippen LogP contribution is 2.33. The fraction of sp³-hybridized carbons (Fsp3) is 0.188. The lowest BCUT2D eigenvalue weighted by atomic mass is 10.0. The Morgan fingerprint density at radius 2 is 1.51 bits per heavy atom. The van der Waals surface area contributed by atoms with Crippen molar-refractivity contribution in [2.45, 2.75) is 30.8 Å². The Kier molecular flexibility index (Phi) is 10.8. The van der Waals surface area contributed by atoms with E-state index in [0.29, 0.717) is 6.54 Å². The molecule has 0 unspecified atom stereocenters. The number of likely N-dealkylation sites (N-methyl/N-ethyl adjacent to an activating group) is 1. The van der Waals surface area contributed by atoms with Gasteiger partial charge in [0.05, 0.1) is 15.6 Å². The second-order valence-corrected chi connectivity index (χ2v) is 12.3. The molecule has 11 heteroatoms. The lowest BCUT2D eigenvalue weighted by Crippen LogP contribution is -2.53. The van der Waals surface area contributed by atoms with Gasteiger partial charge < -0.3 is 10.2 Å². The van der Waals surface area contributed by atoms with Crippen molar-refractivity contribution in [2.24, 2.45) is 0 Å². The molecule has 1 atom stereocenters. The van der Waals surface area contributed by atoms with E-state index < -0.39 is 40.2 Å². The minimum Gasteiger partial charge on any atom is -0.355 e. The van der Waals surface area contributed by atoms with Crippen LogP contribution >= 0.6 is 23.2 Å². The Hall–Kier alpha value is -3.92. The van der Waals surface area contributed by atoms with E-state index in [1.165, 1.54) is 53.4 Å². The van der Waals surface area contributed by atoms with Crippen molar-refractivity contribution in [3.05, 3.63) is 130 Å². The van der Waals surface area contributed by atoms with E-state index in [0.717, 1.165) is 9.87 Å². The highest BCUT2D eigenvalue weighted by atomic mass is 35.5. The van der Waals surface area contributed by atoms with E-state index in [9.17, 15) is 22.4 Å². The first kappa shape index (κ1) is 32.0. The second kappa shape index (κ2) is 14.5. The Morgan fingerprint density at radius 1 is 0.884 bits per heavy atom. The average molecular weight is 643 g/mol. The third-order valence-corrected chi connectivity index (χ3v) is 9.02. The number of amides is 2. The molecular formula is C32H30Cl2FN3O4S. The van der Waals surface area contributed by atoms with Gasteiger partial charge in [0.2, 0.25) is 11.8 Å². The molecular weight excluding hydrogens is 612 g/mol. The maximum atomic E-state index is 14.9. The number of rotatable bonds is 12. The van der Waals surface area contributed by atoms with Gasteiger partial charge in [0.15, 0.2) is 0 Å². The number of hydrogen-bond donors (Lipinski definition) is 1. The minimum atomic E-state index is -4.33. The topological polar surface area (TPSA) is 86.8 Å². The van der Waals surface area contributed by atoms with Crippen molar-refractivity contribution >= 4 is 50.7 Å². The average Bonchev–Trinajstić information content (AvgIpc) is 3.00. The zero-order valence-electron chi connectivity index (χ0n) is 23.3. The molecule has 0 aliphatic carbocycles. The summed E-state index contributed by atoms with van der Waals surface area (Å²) in [5.41, 5.74) is 0.950. The summed E-state index contributed by atoms with van der Waals surface area (Å²) in [4.78, 5) is 28.9. The first-order chi connectivity index (χ1) is 20.6. The molecule has 0 heterocycles. The molecule has 0 aliphatic rings. The predicted molar refractivity (Wildman–Crippen MR) is 167 cm³/mol.